The van der Waals surface area contributed by atoms with Gasteiger partial charge in [-0.15, -0.1) is 0 Å². The summed E-state index contributed by atoms with van der Waals surface area (Å²) in [6.45, 7) is 1.30. The van der Waals surface area contributed by atoms with Crippen LogP contribution in [0.2, 0.25) is 0 Å². The van der Waals surface area contributed by atoms with E-state index in [1.165, 1.54) is 14.2 Å². The van der Waals surface area contributed by atoms with Crippen LogP contribution in [0.1, 0.15) is 23.3 Å². The quantitative estimate of drug-likeness (QED) is 0.632. The normalized spacial score (nSPS) is 13.2. The molecule has 0 radical (unpaired) electrons. The molecule has 1 saturated heterocycles. The number of nitrogens with one attached hydrogen (secondary N) is 1. The van der Waals surface area contributed by atoms with E-state index in [1.54, 1.807) is 47.4 Å². The summed E-state index contributed by atoms with van der Waals surface area (Å²) in [7, 11) is 3.01. The lowest BCUT2D eigenvalue weighted by Crippen LogP contribution is -2.39. The lowest BCUT2D eigenvalue weighted by atomic mass is 10.1. The van der Waals surface area contributed by atoms with Gasteiger partial charge in [-0.1, -0.05) is 18.2 Å². The summed E-state index contributed by atoms with van der Waals surface area (Å²) in [5, 5.41) is 7.76. The van der Waals surface area contributed by atoms with E-state index < -0.39 is 5.91 Å². The van der Waals surface area contributed by atoms with Crippen molar-refractivity contribution in [1.82, 2.24) is 20.0 Å². The molecule has 0 bridgehead atoms. The van der Waals surface area contributed by atoms with Crippen LogP contribution in [0.5, 0.6) is 11.5 Å². The van der Waals surface area contributed by atoms with E-state index in [-0.39, 0.29) is 23.7 Å². The third kappa shape index (κ3) is 4.01. The van der Waals surface area contributed by atoms with E-state index in [0.717, 1.165) is 17.5 Å². The highest BCUT2D eigenvalue weighted by Gasteiger charge is 2.21. The first-order chi connectivity index (χ1) is 15.5. The van der Waals surface area contributed by atoms with Gasteiger partial charge in [0.05, 0.1) is 31.8 Å². The highest BCUT2D eigenvalue weighted by molar-refractivity contribution is 6.05. The molecule has 0 atom stereocenters. The third-order valence-electron chi connectivity index (χ3n) is 5.49. The molecule has 1 N–H and O–H groups in total. The second kappa shape index (κ2) is 9.09. The summed E-state index contributed by atoms with van der Waals surface area (Å²) in [6, 6.07) is 11.7. The first-order valence-corrected chi connectivity index (χ1v) is 10.3. The molecule has 0 unspecified atom stereocenters. The van der Waals surface area contributed by atoms with E-state index in [1.807, 2.05) is 0 Å². The highest BCUT2D eigenvalue weighted by Crippen LogP contribution is 2.28. The van der Waals surface area contributed by atoms with E-state index in [0.29, 0.717) is 41.0 Å². The molecule has 4 rings (SSSR count). The van der Waals surface area contributed by atoms with Crippen LogP contribution in [-0.2, 0) is 4.79 Å². The summed E-state index contributed by atoms with van der Waals surface area (Å²) >= 11 is 0. The molecule has 0 aliphatic carbocycles. The molecule has 9 heteroatoms. The summed E-state index contributed by atoms with van der Waals surface area (Å²) in [5.41, 5.74) is 0.0994. The predicted molar refractivity (Wildman–Crippen MR) is 119 cm³/mol. The SMILES string of the molecule is COc1ccc(-n2nc(C(=O)NCC(=O)N3CCCC3)c3ccccc3c2=O)cc1OC. The Hall–Kier alpha value is -3.88. The number of carbonyl (C=O) groups excluding carboxylic acids is 2. The summed E-state index contributed by atoms with van der Waals surface area (Å²) in [6.07, 6.45) is 1.95. The Bertz CT molecular complexity index is 1230. The monoisotopic (exact) mass is 436 g/mol. The van der Waals surface area contributed by atoms with Crippen LogP contribution in [0.25, 0.3) is 16.5 Å². The molecule has 1 aliphatic heterocycles. The van der Waals surface area contributed by atoms with Gasteiger partial charge in [0, 0.05) is 24.5 Å². The van der Waals surface area contributed by atoms with Crippen molar-refractivity contribution in [3.05, 3.63) is 58.5 Å². The molecule has 1 aromatic heterocycles. The number of ether oxygens (including phenoxy) is 2. The standard InChI is InChI=1S/C23H24N4O5/c1-31-18-10-9-15(13-19(18)32-2)27-23(30)17-8-4-3-7-16(17)21(25-27)22(29)24-14-20(28)26-11-5-6-12-26/h3-4,7-10,13H,5-6,11-12,14H2,1-2H3,(H,24,29). The van der Waals surface area contributed by atoms with Crippen molar-refractivity contribution in [2.24, 2.45) is 0 Å². The van der Waals surface area contributed by atoms with E-state index in [2.05, 4.69) is 10.4 Å². The average Bonchev–Trinajstić information content (AvgIpc) is 3.37. The van der Waals surface area contributed by atoms with Gasteiger partial charge in [0.2, 0.25) is 5.91 Å². The maximum atomic E-state index is 13.1. The number of carbonyl (C=O) groups is 2. The van der Waals surface area contributed by atoms with Gasteiger partial charge < -0.3 is 19.7 Å². The van der Waals surface area contributed by atoms with Crippen molar-refractivity contribution >= 4 is 22.6 Å². The molecule has 166 valence electrons. The molecule has 3 aromatic rings. The van der Waals surface area contributed by atoms with Crippen LogP contribution in [0.3, 0.4) is 0 Å². The Balaban J connectivity index is 1.73. The first-order valence-electron chi connectivity index (χ1n) is 10.3. The minimum Gasteiger partial charge on any atom is -0.493 e. The number of aromatic nitrogens is 2. The van der Waals surface area contributed by atoms with Crippen molar-refractivity contribution in [2.75, 3.05) is 33.9 Å². The fourth-order valence-electron chi connectivity index (χ4n) is 3.81. The number of hydrogen-bond acceptors (Lipinski definition) is 6. The van der Waals surface area contributed by atoms with Crippen molar-refractivity contribution in [1.29, 1.82) is 0 Å². The van der Waals surface area contributed by atoms with Crippen molar-refractivity contribution in [2.45, 2.75) is 12.8 Å². The van der Waals surface area contributed by atoms with Gasteiger partial charge in [-0.05, 0) is 31.0 Å². The number of rotatable bonds is 6. The predicted octanol–water partition coefficient (Wildman–Crippen LogP) is 1.76. The molecule has 2 aromatic carbocycles. The fraction of sp³-hybridized carbons (Fsp3) is 0.304. The van der Waals surface area contributed by atoms with Crippen molar-refractivity contribution < 1.29 is 19.1 Å². The number of benzene rings is 2. The van der Waals surface area contributed by atoms with Gasteiger partial charge in [-0.25, -0.2) is 0 Å². The van der Waals surface area contributed by atoms with Crippen LogP contribution in [0.4, 0.5) is 0 Å². The van der Waals surface area contributed by atoms with E-state index in [9.17, 15) is 14.4 Å². The lowest BCUT2D eigenvalue weighted by Gasteiger charge is -2.16. The Morgan fingerprint density at radius 3 is 2.38 bits per heavy atom. The Labute approximate surface area is 184 Å². The summed E-state index contributed by atoms with van der Waals surface area (Å²) in [5.74, 6) is 0.272. The van der Waals surface area contributed by atoms with Crippen LogP contribution < -0.4 is 20.3 Å². The molecule has 1 aliphatic rings. The molecule has 0 spiro atoms. The Morgan fingerprint density at radius 2 is 1.69 bits per heavy atom. The Kier molecular flexibility index (Phi) is 6.07. The van der Waals surface area contributed by atoms with Crippen LogP contribution >= 0.6 is 0 Å². The molecule has 32 heavy (non-hydrogen) atoms. The smallest absolute Gasteiger partial charge is 0.279 e. The number of amides is 2. The number of hydrogen-bond donors (Lipinski definition) is 1. The molecule has 2 heterocycles. The third-order valence-corrected chi connectivity index (χ3v) is 5.49. The van der Waals surface area contributed by atoms with E-state index in [4.69, 9.17) is 9.47 Å². The lowest BCUT2D eigenvalue weighted by molar-refractivity contribution is -0.129. The maximum absolute atomic E-state index is 13.1. The van der Waals surface area contributed by atoms with Gasteiger partial charge >= 0.3 is 0 Å². The second-order valence-corrected chi connectivity index (χ2v) is 7.42. The van der Waals surface area contributed by atoms with Gasteiger partial charge in [-0.3, -0.25) is 14.4 Å². The van der Waals surface area contributed by atoms with Gasteiger partial charge in [0.25, 0.3) is 11.5 Å². The van der Waals surface area contributed by atoms with Gasteiger partial charge in [0.15, 0.2) is 17.2 Å². The van der Waals surface area contributed by atoms with Crippen LogP contribution in [0.15, 0.2) is 47.3 Å². The Morgan fingerprint density at radius 1 is 1.00 bits per heavy atom. The molecule has 9 nitrogen and oxygen atoms in total. The first kappa shape index (κ1) is 21.4. The number of methoxy groups -OCH3 is 2. The highest BCUT2D eigenvalue weighted by atomic mass is 16.5. The largest absolute Gasteiger partial charge is 0.493 e. The zero-order valence-electron chi connectivity index (χ0n) is 18.0. The van der Waals surface area contributed by atoms with E-state index >= 15 is 0 Å². The minimum atomic E-state index is -0.525. The van der Waals surface area contributed by atoms with Gasteiger partial charge in [-0.2, -0.15) is 9.78 Å². The maximum Gasteiger partial charge on any atom is 0.279 e. The zero-order chi connectivity index (χ0) is 22.7. The number of fused-ring (bicyclic) bond motifs is 1. The van der Waals surface area contributed by atoms with Crippen molar-refractivity contribution in [3.63, 3.8) is 0 Å². The van der Waals surface area contributed by atoms with Gasteiger partial charge in [0.1, 0.15) is 0 Å². The molecular weight excluding hydrogens is 412 g/mol. The second-order valence-electron chi connectivity index (χ2n) is 7.42. The van der Waals surface area contributed by atoms with Crippen LogP contribution in [-0.4, -0.2) is 60.3 Å². The summed E-state index contributed by atoms with van der Waals surface area (Å²) < 4.78 is 11.7. The fourth-order valence-corrected chi connectivity index (χ4v) is 3.81. The molecule has 1 fully saturated rings. The molecular formula is C23H24N4O5. The summed E-state index contributed by atoms with van der Waals surface area (Å²) in [4.78, 5) is 40.2. The zero-order valence-corrected chi connectivity index (χ0v) is 18.0. The molecule has 0 saturated carbocycles. The van der Waals surface area contributed by atoms with Crippen molar-refractivity contribution in [3.8, 4) is 17.2 Å². The number of likely N-dealkylation sites (tertiary alicyclic amines) is 1. The topological polar surface area (TPSA) is 103 Å². The minimum absolute atomic E-state index is 0.0595. The molecule has 2 amide bonds. The average molecular weight is 436 g/mol. The van der Waals surface area contributed by atoms with Crippen LogP contribution in [0, 0.1) is 0 Å². The number of nitrogens with zero attached hydrogens (tertiary/aromatic N) is 3.